The van der Waals surface area contributed by atoms with Crippen molar-refractivity contribution >= 4 is 38.9 Å². The number of fused-ring (bicyclic) bond motifs is 1. The molecule has 3 aromatic rings. The number of rotatable bonds is 8. The molecule has 3 amide bonds. The molecule has 42 heavy (non-hydrogen) atoms. The third kappa shape index (κ3) is 5.78. The van der Waals surface area contributed by atoms with Crippen LogP contribution >= 0.6 is 0 Å². The van der Waals surface area contributed by atoms with Crippen molar-refractivity contribution in [2.24, 2.45) is 0 Å². The van der Waals surface area contributed by atoms with Crippen LogP contribution in [0.5, 0.6) is 0 Å². The molecule has 1 heterocycles. The fourth-order valence-corrected chi connectivity index (χ4v) is 6.25. The number of allylic oxidation sites excluding steroid dienone is 2. The normalized spacial score (nSPS) is 14.0. The van der Waals surface area contributed by atoms with Crippen LogP contribution < -0.4 is 15.4 Å². The Kier molecular flexibility index (Phi) is 7.78. The van der Waals surface area contributed by atoms with Crippen molar-refractivity contribution in [1.29, 1.82) is 0 Å². The molecule has 218 valence electrons. The molecule has 0 spiro atoms. The molecule has 1 aliphatic heterocycles. The van der Waals surface area contributed by atoms with E-state index in [1.807, 2.05) is 67.1 Å². The minimum atomic E-state index is -4.40. The minimum absolute atomic E-state index is 0.179. The summed E-state index contributed by atoms with van der Waals surface area (Å²) in [4.78, 5) is 39.8. The maximum Gasteiger partial charge on any atom is 0.266 e. The van der Waals surface area contributed by atoms with Gasteiger partial charge >= 0.3 is 0 Å². The Hall–Kier alpha value is -4.50. The third-order valence-corrected chi connectivity index (χ3v) is 8.79. The van der Waals surface area contributed by atoms with Crippen molar-refractivity contribution in [2.75, 3.05) is 0 Å². The average molecular weight is 586 g/mol. The fraction of sp³-hybridized carbons (Fsp3) is 0.242. The van der Waals surface area contributed by atoms with Gasteiger partial charge in [-0.15, -0.1) is 0 Å². The predicted octanol–water partition coefficient (Wildman–Crippen LogP) is 5.52. The van der Waals surface area contributed by atoms with E-state index in [0.717, 1.165) is 33.4 Å². The Balaban J connectivity index is 1.79. The Morgan fingerprint density at radius 1 is 0.762 bits per heavy atom. The van der Waals surface area contributed by atoms with Gasteiger partial charge in [-0.3, -0.25) is 14.4 Å². The molecule has 0 radical (unpaired) electrons. The molecule has 0 aliphatic carbocycles. The number of hydrogen-bond donors (Lipinski definition) is 3. The van der Waals surface area contributed by atoms with E-state index >= 15 is 0 Å². The number of carbonyl (C=O) groups excluding carboxylic acids is 3. The van der Waals surface area contributed by atoms with E-state index in [9.17, 15) is 22.8 Å². The number of carbonyl (C=O) groups is 3. The molecule has 4 rings (SSSR count). The zero-order valence-corrected chi connectivity index (χ0v) is 25.5. The maximum atomic E-state index is 14.0. The molecule has 0 bridgehead atoms. The summed E-state index contributed by atoms with van der Waals surface area (Å²) in [5.74, 6) is -2.36. The molecule has 9 heteroatoms. The van der Waals surface area contributed by atoms with Crippen molar-refractivity contribution in [3.05, 3.63) is 113 Å². The number of benzene rings is 3. The second-order valence-electron chi connectivity index (χ2n) is 11.7. The van der Waals surface area contributed by atoms with E-state index in [4.69, 9.17) is 0 Å². The van der Waals surface area contributed by atoms with E-state index in [1.165, 1.54) is 12.1 Å². The van der Waals surface area contributed by atoms with Crippen LogP contribution in [-0.4, -0.2) is 26.1 Å². The van der Waals surface area contributed by atoms with Crippen LogP contribution in [0.15, 0.2) is 78.7 Å². The highest BCUT2D eigenvalue weighted by atomic mass is 32.2. The highest BCUT2D eigenvalue weighted by molar-refractivity contribution is 7.90. The summed E-state index contributed by atoms with van der Waals surface area (Å²) >= 11 is 0. The topological polar surface area (TPSA) is 121 Å². The molecule has 0 aromatic heterocycles. The van der Waals surface area contributed by atoms with Gasteiger partial charge in [0.25, 0.3) is 27.7 Å². The lowest BCUT2D eigenvalue weighted by Gasteiger charge is -2.30. The van der Waals surface area contributed by atoms with Crippen LogP contribution in [-0.2, 0) is 21.1 Å². The van der Waals surface area contributed by atoms with Gasteiger partial charge in [-0.1, -0.05) is 60.7 Å². The van der Waals surface area contributed by atoms with Gasteiger partial charge < -0.3 is 10.6 Å². The number of hydrogen-bond acceptors (Lipinski definition) is 5. The van der Waals surface area contributed by atoms with Crippen LogP contribution in [0.1, 0.15) is 94.9 Å². The van der Waals surface area contributed by atoms with Crippen LogP contribution in [0.2, 0.25) is 0 Å². The lowest BCUT2D eigenvalue weighted by atomic mass is 9.90. The van der Waals surface area contributed by atoms with Gasteiger partial charge in [0, 0.05) is 0 Å². The van der Waals surface area contributed by atoms with Crippen LogP contribution in [0.3, 0.4) is 0 Å². The summed E-state index contributed by atoms with van der Waals surface area (Å²) in [7, 11) is -4.40. The van der Waals surface area contributed by atoms with Crippen molar-refractivity contribution in [3.63, 3.8) is 0 Å². The number of sulfonamides is 1. The maximum absolute atomic E-state index is 14.0. The summed E-state index contributed by atoms with van der Waals surface area (Å²) in [5, 5.41) is 5.82. The molecule has 0 saturated heterocycles. The summed E-state index contributed by atoms with van der Waals surface area (Å²) in [6.07, 6.45) is 0. The van der Waals surface area contributed by atoms with Crippen LogP contribution in [0, 0.1) is 0 Å². The highest BCUT2D eigenvalue weighted by Crippen LogP contribution is 2.32. The molecule has 0 unspecified atom stereocenters. The van der Waals surface area contributed by atoms with Crippen molar-refractivity contribution in [3.8, 4) is 0 Å². The Labute approximate surface area is 247 Å². The van der Waals surface area contributed by atoms with E-state index < -0.39 is 49.3 Å². The Morgan fingerprint density at radius 3 is 1.71 bits per heavy atom. The first kappa shape index (κ1) is 30.5. The summed E-state index contributed by atoms with van der Waals surface area (Å²) < 4.78 is 28.1. The van der Waals surface area contributed by atoms with Gasteiger partial charge in [-0.25, -0.2) is 13.1 Å². The first-order valence-corrected chi connectivity index (χ1v) is 14.8. The summed E-state index contributed by atoms with van der Waals surface area (Å²) in [5.41, 5.74) is 2.32. The zero-order chi connectivity index (χ0) is 31.2. The molecule has 8 nitrogen and oxygen atoms in total. The molecule has 3 aromatic carbocycles. The van der Waals surface area contributed by atoms with E-state index in [-0.39, 0.29) is 11.1 Å². The number of nitrogens with one attached hydrogen (secondary N) is 3. The predicted molar refractivity (Wildman–Crippen MR) is 164 cm³/mol. The van der Waals surface area contributed by atoms with Gasteiger partial charge in [-0.2, -0.15) is 0 Å². The van der Waals surface area contributed by atoms with Crippen molar-refractivity contribution in [1.82, 2.24) is 15.4 Å². The summed E-state index contributed by atoms with van der Waals surface area (Å²) in [6.45, 7) is 18.8. The van der Waals surface area contributed by atoms with Crippen molar-refractivity contribution < 1.29 is 22.8 Å². The largest absolute Gasteiger partial charge is 0.343 e. The lowest BCUT2D eigenvalue weighted by Crippen LogP contribution is -2.44. The molecule has 0 fully saturated rings. The second-order valence-corrected chi connectivity index (χ2v) is 13.3. The standard InChI is InChI=1S/C33H35N3O5S/c1-19(2)21-11-9-13-23(17-21)32(5,6)34-29(37)25-15-16-26-28(42(40,41)36-30(26)38)27(25)31(39)35-33(7,8)24-14-10-12-22(18-24)20(3)4/h9-18H,1,3H2,2,4-8H3,(H,34,37)(H,35,39)(H,36,38). The first-order valence-electron chi connectivity index (χ1n) is 13.4. The van der Waals surface area contributed by atoms with E-state index in [2.05, 4.69) is 23.8 Å². The third-order valence-electron chi connectivity index (χ3n) is 7.38. The smallest absolute Gasteiger partial charge is 0.266 e. The Morgan fingerprint density at radius 2 is 1.24 bits per heavy atom. The van der Waals surface area contributed by atoms with Crippen molar-refractivity contribution in [2.45, 2.75) is 57.5 Å². The van der Waals surface area contributed by atoms with Gasteiger partial charge in [0.15, 0.2) is 0 Å². The molecular formula is C33H35N3O5S. The van der Waals surface area contributed by atoms with E-state index in [1.54, 1.807) is 27.7 Å². The zero-order valence-electron chi connectivity index (χ0n) is 24.6. The van der Waals surface area contributed by atoms with Crippen LogP contribution in [0.4, 0.5) is 0 Å². The minimum Gasteiger partial charge on any atom is -0.343 e. The highest BCUT2D eigenvalue weighted by Gasteiger charge is 2.41. The fourth-order valence-electron chi connectivity index (χ4n) is 4.87. The first-order chi connectivity index (χ1) is 19.4. The Bertz CT molecular complexity index is 1780. The van der Waals surface area contributed by atoms with Gasteiger partial charge in [-0.05, 0) is 88.1 Å². The molecular weight excluding hydrogens is 550 g/mol. The van der Waals surface area contributed by atoms with Gasteiger partial charge in [0.2, 0.25) is 0 Å². The molecule has 0 atom stereocenters. The molecule has 0 saturated carbocycles. The van der Waals surface area contributed by atoms with Gasteiger partial charge in [0.1, 0.15) is 4.90 Å². The quantitative estimate of drug-likeness (QED) is 0.322. The average Bonchev–Trinajstić information content (AvgIpc) is 3.15. The van der Waals surface area contributed by atoms with E-state index in [0.29, 0.717) is 0 Å². The lowest BCUT2D eigenvalue weighted by molar-refractivity contribution is 0.0872. The molecule has 3 N–H and O–H groups in total. The van der Waals surface area contributed by atoms with Crippen LogP contribution in [0.25, 0.3) is 11.1 Å². The molecule has 1 aliphatic rings. The SMILES string of the molecule is C=C(C)c1cccc(C(C)(C)NC(=O)c2ccc3c(c2C(=O)NC(C)(C)c2cccc(C(=C)C)c2)S(=O)(=O)NC3=O)c1. The monoisotopic (exact) mass is 585 g/mol. The number of amides is 3. The van der Waals surface area contributed by atoms with Gasteiger partial charge in [0.05, 0.1) is 27.8 Å². The summed E-state index contributed by atoms with van der Waals surface area (Å²) in [6, 6.07) is 17.5. The second kappa shape index (κ2) is 10.7.